The molecule has 0 fully saturated rings. The molecule has 1 atom stereocenters. The third-order valence-electron chi connectivity index (χ3n) is 5.35. The fourth-order valence-corrected chi connectivity index (χ4v) is 4.04. The zero-order valence-electron chi connectivity index (χ0n) is 16.3. The first-order valence-corrected chi connectivity index (χ1v) is 9.93. The predicted molar refractivity (Wildman–Crippen MR) is 115 cm³/mol. The number of hydrogen-bond acceptors (Lipinski definition) is 5. The maximum absolute atomic E-state index is 13.4. The lowest BCUT2D eigenvalue weighted by molar-refractivity contribution is -0.117. The van der Waals surface area contributed by atoms with Crippen molar-refractivity contribution in [3.8, 4) is 0 Å². The summed E-state index contributed by atoms with van der Waals surface area (Å²) in [6.45, 7) is 1.81. The standard InChI is InChI=1S/C24H16ClNO5/c1-13-8-9-15(25)12-16(13)26-21(18-7-4-10-30-18)20(23(28)24(26)29)22(27)19-11-14-5-2-3-6-17(14)31-19/h2-12,21,28H,1H3. The first-order chi connectivity index (χ1) is 15.0. The minimum Gasteiger partial charge on any atom is -0.503 e. The Morgan fingerprint density at radius 2 is 1.90 bits per heavy atom. The fourth-order valence-electron chi connectivity index (χ4n) is 3.87. The molecule has 2 aromatic carbocycles. The highest BCUT2D eigenvalue weighted by atomic mass is 35.5. The Morgan fingerprint density at radius 3 is 2.65 bits per heavy atom. The number of halogens is 1. The molecule has 1 N–H and O–H groups in total. The van der Waals surface area contributed by atoms with Crippen LogP contribution in [-0.2, 0) is 4.79 Å². The molecular weight excluding hydrogens is 418 g/mol. The number of amides is 1. The Kier molecular flexibility index (Phi) is 4.45. The number of para-hydroxylation sites is 1. The zero-order chi connectivity index (χ0) is 21.7. The van der Waals surface area contributed by atoms with Crippen LogP contribution < -0.4 is 4.90 Å². The van der Waals surface area contributed by atoms with Gasteiger partial charge in [0.1, 0.15) is 17.4 Å². The van der Waals surface area contributed by atoms with Crippen molar-refractivity contribution in [1.29, 1.82) is 0 Å². The Morgan fingerprint density at radius 1 is 1.10 bits per heavy atom. The molecule has 1 amide bonds. The monoisotopic (exact) mass is 433 g/mol. The van der Waals surface area contributed by atoms with E-state index >= 15 is 0 Å². The Labute approximate surface area is 181 Å². The van der Waals surface area contributed by atoms with E-state index < -0.39 is 23.5 Å². The first kappa shape index (κ1) is 19.2. The van der Waals surface area contributed by atoms with Gasteiger partial charge in [0.15, 0.2) is 11.5 Å². The largest absolute Gasteiger partial charge is 0.503 e. The maximum atomic E-state index is 13.4. The summed E-state index contributed by atoms with van der Waals surface area (Å²) in [6, 6.07) is 16.2. The molecule has 6 nitrogen and oxygen atoms in total. The Bertz CT molecular complexity index is 1330. The molecule has 1 unspecified atom stereocenters. The number of aliphatic hydroxyl groups excluding tert-OH is 1. The number of carbonyl (C=O) groups is 2. The predicted octanol–water partition coefficient (Wildman–Crippen LogP) is 5.77. The summed E-state index contributed by atoms with van der Waals surface area (Å²) in [7, 11) is 0. The van der Waals surface area contributed by atoms with Gasteiger partial charge in [-0.1, -0.05) is 35.9 Å². The normalized spacial score (nSPS) is 16.5. The molecule has 31 heavy (non-hydrogen) atoms. The zero-order valence-corrected chi connectivity index (χ0v) is 17.1. The van der Waals surface area contributed by atoms with Crippen molar-refractivity contribution < 1.29 is 23.5 Å². The summed E-state index contributed by atoms with van der Waals surface area (Å²) >= 11 is 6.17. The lowest BCUT2D eigenvalue weighted by Crippen LogP contribution is -2.31. The number of hydrogen-bond donors (Lipinski definition) is 1. The van der Waals surface area contributed by atoms with Gasteiger partial charge in [-0.2, -0.15) is 0 Å². The van der Waals surface area contributed by atoms with Crippen molar-refractivity contribution >= 4 is 39.9 Å². The highest BCUT2D eigenvalue weighted by Crippen LogP contribution is 2.43. The molecule has 0 bridgehead atoms. The van der Waals surface area contributed by atoms with E-state index in [9.17, 15) is 14.7 Å². The molecule has 0 saturated carbocycles. The minimum atomic E-state index is -0.972. The average molecular weight is 434 g/mol. The summed E-state index contributed by atoms with van der Waals surface area (Å²) in [4.78, 5) is 27.9. The Balaban J connectivity index is 1.67. The molecule has 4 aromatic rings. The van der Waals surface area contributed by atoms with Crippen molar-refractivity contribution in [2.45, 2.75) is 13.0 Å². The van der Waals surface area contributed by atoms with Crippen LogP contribution in [0.15, 0.2) is 87.1 Å². The number of aryl methyl sites for hydroxylation is 1. The smallest absolute Gasteiger partial charge is 0.294 e. The van der Waals surface area contributed by atoms with Crippen LogP contribution in [0, 0.1) is 6.92 Å². The molecule has 5 rings (SSSR count). The van der Waals surface area contributed by atoms with Crippen LogP contribution in [0.2, 0.25) is 5.02 Å². The molecule has 0 radical (unpaired) electrons. The molecular formula is C24H16ClNO5. The van der Waals surface area contributed by atoms with E-state index in [0.717, 1.165) is 10.9 Å². The number of aliphatic hydroxyl groups is 1. The number of ketones is 1. The van der Waals surface area contributed by atoms with Crippen LogP contribution in [-0.4, -0.2) is 16.8 Å². The number of Topliss-reactive ketones (excluding diaryl/α,β-unsaturated/α-hetero) is 1. The molecule has 0 saturated heterocycles. The number of fused-ring (bicyclic) bond motifs is 1. The lowest BCUT2D eigenvalue weighted by Gasteiger charge is -2.26. The van der Waals surface area contributed by atoms with Gasteiger partial charge in [-0.15, -0.1) is 0 Å². The molecule has 1 aliphatic rings. The number of benzene rings is 2. The number of rotatable bonds is 4. The second kappa shape index (κ2) is 7.18. The van der Waals surface area contributed by atoms with E-state index in [0.29, 0.717) is 22.1 Å². The minimum absolute atomic E-state index is 0.0248. The van der Waals surface area contributed by atoms with Crippen molar-refractivity contribution in [2.75, 3.05) is 4.90 Å². The number of furan rings is 2. The van der Waals surface area contributed by atoms with Crippen molar-refractivity contribution in [3.63, 3.8) is 0 Å². The lowest BCUT2D eigenvalue weighted by atomic mass is 9.99. The van der Waals surface area contributed by atoms with Gasteiger partial charge in [0.05, 0.1) is 11.8 Å². The van der Waals surface area contributed by atoms with E-state index in [2.05, 4.69) is 0 Å². The molecule has 7 heteroatoms. The average Bonchev–Trinajstić information content (AvgIpc) is 3.48. The van der Waals surface area contributed by atoms with Gasteiger partial charge in [0, 0.05) is 16.1 Å². The summed E-state index contributed by atoms with van der Waals surface area (Å²) in [5.41, 5.74) is 1.64. The summed E-state index contributed by atoms with van der Waals surface area (Å²) < 4.78 is 11.3. The van der Waals surface area contributed by atoms with Gasteiger partial charge >= 0.3 is 0 Å². The summed E-state index contributed by atoms with van der Waals surface area (Å²) in [5, 5.41) is 11.9. The topological polar surface area (TPSA) is 83.9 Å². The van der Waals surface area contributed by atoms with E-state index in [-0.39, 0.29) is 11.3 Å². The molecule has 154 valence electrons. The van der Waals surface area contributed by atoms with Gasteiger partial charge in [0.25, 0.3) is 5.91 Å². The van der Waals surface area contributed by atoms with Gasteiger partial charge in [-0.3, -0.25) is 14.5 Å². The van der Waals surface area contributed by atoms with Gasteiger partial charge in [-0.25, -0.2) is 0 Å². The van der Waals surface area contributed by atoms with E-state index in [1.54, 1.807) is 48.5 Å². The maximum Gasteiger partial charge on any atom is 0.294 e. The quantitative estimate of drug-likeness (QED) is 0.413. The fraction of sp³-hybridized carbons (Fsp3) is 0.0833. The third-order valence-corrected chi connectivity index (χ3v) is 5.58. The summed E-state index contributed by atoms with van der Waals surface area (Å²) in [5.74, 6) is -1.60. The highest BCUT2D eigenvalue weighted by molar-refractivity contribution is 6.31. The van der Waals surface area contributed by atoms with E-state index in [1.165, 1.54) is 11.2 Å². The van der Waals surface area contributed by atoms with Gasteiger partial charge < -0.3 is 13.9 Å². The van der Waals surface area contributed by atoms with Crippen molar-refractivity contribution in [1.82, 2.24) is 0 Å². The number of anilines is 1. The first-order valence-electron chi connectivity index (χ1n) is 9.55. The molecule has 2 aromatic heterocycles. The second-order valence-electron chi connectivity index (χ2n) is 7.26. The molecule has 3 heterocycles. The number of nitrogens with zero attached hydrogens (tertiary/aromatic N) is 1. The van der Waals surface area contributed by atoms with Crippen LogP contribution in [0.4, 0.5) is 5.69 Å². The Hall–Kier alpha value is -3.77. The van der Waals surface area contributed by atoms with Crippen LogP contribution in [0.5, 0.6) is 0 Å². The van der Waals surface area contributed by atoms with Gasteiger partial charge in [-0.05, 0) is 48.9 Å². The summed E-state index contributed by atoms with van der Waals surface area (Å²) in [6.07, 6.45) is 1.45. The van der Waals surface area contributed by atoms with Crippen LogP contribution in [0.1, 0.15) is 27.9 Å². The second-order valence-corrected chi connectivity index (χ2v) is 7.70. The molecule has 1 aliphatic heterocycles. The van der Waals surface area contributed by atoms with E-state index in [4.69, 9.17) is 20.4 Å². The van der Waals surface area contributed by atoms with Gasteiger partial charge in [0.2, 0.25) is 5.78 Å². The highest BCUT2D eigenvalue weighted by Gasteiger charge is 2.47. The van der Waals surface area contributed by atoms with Crippen molar-refractivity contribution in [3.05, 3.63) is 100 Å². The van der Waals surface area contributed by atoms with Crippen LogP contribution in [0.25, 0.3) is 11.0 Å². The van der Waals surface area contributed by atoms with Crippen LogP contribution >= 0.6 is 11.6 Å². The molecule has 0 aliphatic carbocycles. The number of carbonyl (C=O) groups excluding carboxylic acids is 2. The van der Waals surface area contributed by atoms with E-state index in [1.807, 2.05) is 19.1 Å². The van der Waals surface area contributed by atoms with Crippen molar-refractivity contribution in [2.24, 2.45) is 0 Å². The van der Waals surface area contributed by atoms with Crippen LogP contribution in [0.3, 0.4) is 0 Å². The SMILES string of the molecule is Cc1ccc(Cl)cc1N1C(=O)C(O)=C(C(=O)c2cc3ccccc3o2)C1c1ccco1. The third kappa shape index (κ3) is 3.04. The molecule has 0 spiro atoms.